The van der Waals surface area contributed by atoms with Crippen molar-refractivity contribution in [2.45, 2.75) is 26.3 Å². The quantitative estimate of drug-likeness (QED) is 0.796. The van der Waals surface area contributed by atoms with Crippen LogP contribution in [-0.4, -0.2) is 9.78 Å². The molecule has 1 heterocycles. The molecule has 3 heteroatoms. The van der Waals surface area contributed by atoms with Crippen LogP contribution in [0.1, 0.15) is 17.5 Å². The summed E-state index contributed by atoms with van der Waals surface area (Å²) in [6.45, 7) is 3.02. The lowest BCUT2D eigenvalue weighted by molar-refractivity contribution is 0.578. The zero-order valence-corrected chi connectivity index (χ0v) is 9.56. The highest BCUT2D eigenvalue weighted by Crippen LogP contribution is 2.09. The summed E-state index contributed by atoms with van der Waals surface area (Å²) in [7, 11) is 0. The third kappa shape index (κ3) is 2.86. The summed E-state index contributed by atoms with van der Waals surface area (Å²) >= 11 is 0. The molecule has 0 spiro atoms. The number of nitrogens with two attached hydrogens (primary N) is 1. The van der Waals surface area contributed by atoms with Gasteiger partial charge in [0.1, 0.15) is 0 Å². The smallest absolute Gasteiger partial charge is 0.0518 e. The van der Waals surface area contributed by atoms with Crippen molar-refractivity contribution in [1.82, 2.24) is 9.78 Å². The van der Waals surface area contributed by atoms with Crippen LogP contribution in [0.4, 0.5) is 5.69 Å². The van der Waals surface area contributed by atoms with Gasteiger partial charge in [-0.1, -0.05) is 12.1 Å². The highest BCUT2D eigenvalue weighted by atomic mass is 15.3. The van der Waals surface area contributed by atoms with E-state index in [0.29, 0.717) is 0 Å². The Morgan fingerprint density at radius 3 is 2.94 bits per heavy atom. The van der Waals surface area contributed by atoms with Crippen molar-refractivity contribution in [2.75, 3.05) is 5.73 Å². The average molecular weight is 215 g/mol. The van der Waals surface area contributed by atoms with Crippen LogP contribution in [0.5, 0.6) is 0 Å². The van der Waals surface area contributed by atoms with Gasteiger partial charge in [-0.3, -0.25) is 4.68 Å². The number of benzene rings is 1. The second-order valence-corrected chi connectivity index (χ2v) is 4.13. The van der Waals surface area contributed by atoms with Crippen molar-refractivity contribution < 1.29 is 0 Å². The van der Waals surface area contributed by atoms with E-state index in [-0.39, 0.29) is 0 Å². The van der Waals surface area contributed by atoms with Crippen LogP contribution in [0.15, 0.2) is 36.7 Å². The fourth-order valence-electron chi connectivity index (χ4n) is 1.78. The predicted octanol–water partition coefficient (Wildman–Crippen LogP) is 2.41. The summed E-state index contributed by atoms with van der Waals surface area (Å²) in [5, 5.41) is 4.26. The number of hydrogen-bond donors (Lipinski definition) is 1. The normalized spacial score (nSPS) is 10.6. The maximum Gasteiger partial charge on any atom is 0.0518 e. The van der Waals surface area contributed by atoms with E-state index in [1.165, 1.54) is 11.1 Å². The first-order chi connectivity index (χ1) is 7.74. The Morgan fingerprint density at radius 1 is 1.38 bits per heavy atom. The molecule has 3 nitrogen and oxygen atoms in total. The van der Waals surface area contributed by atoms with Gasteiger partial charge in [-0.25, -0.2) is 0 Å². The van der Waals surface area contributed by atoms with E-state index < -0.39 is 0 Å². The third-order valence-corrected chi connectivity index (χ3v) is 2.57. The topological polar surface area (TPSA) is 43.8 Å². The number of aromatic nitrogens is 2. The minimum absolute atomic E-state index is 0.840. The third-order valence-electron chi connectivity index (χ3n) is 2.57. The second-order valence-electron chi connectivity index (χ2n) is 4.13. The number of nitrogens with zero attached hydrogens (tertiary/aromatic N) is 2. The largest absolute Gasteiger partial charge is 0.399 e. The molecule has 0 radical (unpaired) electrons. The van der Waals surface area contributed by atoms with Crippen molar-refractivity contribution >= 4 is 5.69 Å². The van der Waals surface area contributed by atoms with Crippen LogP contribution in [0.2, 0.25) is 0 Å². The molecular weight excluding hydrogens is 198 g/mol. The summed E-state index contributed by atoms with van der Waals surface area (Å²) in [6, 6.07) is 8.07. The molecule has 0 fully saturated rings. The van der Waals surface area contributed by atoms with E-state index in [1.807, 2.05) is 29.1 Å². The summed E-state index contributed by atoms with van der Waals surface area (Å²) in [5.41, 5.74) is 9.07. The highest BCUT2D eigenvalue weighted by molar-refractivity contribution is 5.40. The van der Waals surface area contributed by atoms with Gasteiger partial charge < -0.3 is 5.73 Å². The van der Waals surface area contributed by atoms with E-state index in [9.17, 15) is 0 Å². The maximum atomic E-state index is 5.73. The first-order valence-corrected chi connectivity index (χ1v) is 5.57. The lowest BCUT2D eigenvalue weighted by atomic mass is 10.1. The molecule has 0 aliphatic carbocycles. The van der Waals surface area contributed by atoms with Gasteiger partial charge in [-0.15, -0.1) is 0 Å². The molecule has 0 saturated heterocycles. The SMILES string of the molecule is Cc1cnn(CCCc2cccc(N)c2)c1. The number of hydrogen-bond acceptors (Lipinski definition) is 2. The molecule has 16 heavy (non-hydrogen) atoms. The number of rotatable bonds is 4. The van der Waals surface area contributed by atoms with Crippen LogP contribution in [-0.2, 0) is 13.0 Å². The van der Waals surface area contributed by atoms with E-state index >= 15 is 0 Å². The molecule has 2 N–H and O–H groups in total. The monoisotopic (exact) mass is 215 g/mol. The summed E-state index contributed by atoms with van der Waals surface area (Å²) in [4.78, 5) is 0. The number of anilines is 1. The molecule has 0 aliphatic rings. The number of nitrogen functional groups attached to an aromatic ring is 1. The summed E-state index contributed by atoms with van der Waals surface area (Å²) in [6.07, 6.45) is 6.09. The standard InChI is InChI=1S/C13H17N3/c1-11-9-15-16(10-11)7-3-5-12-4-2-6-13(14)8-12/h2,4,6,8-10H,3,5,7,14H2,1H3. The Balaban J connectivity index is 1.84. The van der Waals surface area contributed by atoms with E-state index in [4.69, 9.17) is 5.73 Å². The molecule has 0 unspecified atom stereocenters. The van der Waals surface area contributed by atoms with Crippen LogP contribution < -0.4 is 5.73 Å². The molecular formula is C13H17N3. The fraction of sp³-hybridized carbons (Fsp3) is 0.308. The minimum Gasteiger partial charge on any atom is -0.399 e. The molecule has 1 aromatic carbocycles. The predicted molar refractivity (Wildman–Crippen MR) is 66.1 cm³/mol. The Hall–Kier alpha value is -1.77. The molecule has 2 aromatic rings. The zero-order valence-electron chi connectivity index (χ0n) is 9.56. The maximum absolute atomic E-state index is 5.73. The van der Waals surface area contributed by atoms with Crippen molar-refractivity contribution in [3.8, 4) is 0 Å². The van der Waals surface area contributed by atoms with Crippen molar-refractivity contribution in [2.24, 2.45) is 0 Å². The van der Waals surface area contributed by atoms with Gasteiger partial charge in [0.05, 0.1) is 6.20 Å². The van der Waals surface area contributed by atoms with Crippen LogP contribution in [0.25, 0.3) is 0 Å². The van der Waals surface area contributed by atoms with Gasteiger partial charge in [0.2, 0.25) is 0 Å². The van der Waals surface area contributed by atoms with Gasteiger partial charge in [-0.2, -0.15) is 5.10 Å². The first kappa shape index (κ1) is 10.7. The van der Waals surface area contributed by atoms with Gasteiger partial charge in [0.25, 0.3) is 0 Å². The molecule has 0 atom stereocenters. The van der Waals surface area contributed by atoms with Crippen LogP contribution >= 0.6 is 0 Å². The Bertz CT molecular complexity index is 460. The molecule has 0 aliphatic heterocycles. The van der Waals surface area contributed by atoms with E-state index in [0.717, 1.165) is 25.1 Å². The van der Waals surface area contributed by atoms with Crippen molar-refractivity contribution in [3.63, 3.8) is 0 Å². The number of aryl methyl sites for hydroxylation is 3. The van der Waals surface area contributed by atoms with Gasteiger partial charge in [-0.05, 0) is 43.0 Å². The van der Waals surface area contributed by atoms with Gasteiger partial charge in [0.15, 0.2) is 0 Å². The molecule has 1 aromatic heterocycles. The molecule has 0 saturated carbocycles. The van der Waals surface area contributed by atoms with Gasteiger partial charge in [0, 0.05) is 18.4 Å². The Labute approximate surface area is 95.9 Å². The Morgan fingerprint density at radius 2 is 2.25 bits per heavy atom. The molecule has 2 rings (SSSR count). The highest BCUT2D eigenvalue weighted by Gasteiger charge is 1.96. The Kier molecular flexibility index (Phi) is 3.25. The molecule has 0 amide bonds. The van der Waals surface area contributed by atoms with Crippen molar-refractivity contribution in [3.05, 3.63) is 47.8 Å². The first-order valence-electron chi connectivity index (χ1n) is 5.57. The van der Waals surface area contributed by atoms with E-state index in [1.54, 1.807) is 0 Å². The lowest BCUT2D eigenvalue weighted by Crippen LogP contribution is -2.00. The van der Waals surface area contributed by atoms with Crippen molar-refractivity contribution in [1.29, 1.82) is 0 Å². The molecule has 84 valence electrons. The van der Waals surface area contributed by atoms with Gasteiger partial charge >= 0.3 is 0 Å². The fourth-order valence-corrected chi connectivity index (χ4v) is 1.78. The summed E-state index contributed by atoms with van der Waals surface area (Å²) < 4.78 is 1.99. The van der Waals surface area contributed by atoms with E-state index in [2.05, 4.69) is 24.3 Å². The molecule has 0 bridgehead atoms. The van der Waals surface area contributed by atoms with Crippen LogP contribution in [0.3, 0.4) is 0 Å². The zero-order chi connectivity index (χ0) is 11.4. The summed E-state index contributed by atoms with van der Waals surface area (Å²) in [5.74, 6) is 0. The minimum atomic E-state index is 0.840. The van der Waals surface area contributed by atoms with Crippen LogP contribution in [0, 0.1) is 6.92 Å². The average Bonchev–Trinajstić information content (AvgIpc) is 2.64. The lowest BCUT2D eigenvalue weighted by Gasteiger charge is -2.03. The second kappa shape index (κ2) is 4.84.